The number of nitrogens with one attached hydrogen (secondary N) is 2. The van der Waals surface area contributed by atoms with Crippen LogP contribution < -0.4 is 22.3 Å². The Labute approximate surface area is 154 Å². The number of aliphatic carboxylic acids is 1. The first kappa shape index (κ1) is 18.1. The molecule has 0 atom stereocenters. The molecule has 0 aliphatic heterocycles. The molecule has 0 bridgehead atoms. The summed E-state index contributed by atoms with van der Waals surface area (Å²) in [5.74, 6) is 4.68. The number of nitrogen functional groups attached to an aromatic ring is 2. The Kier molecular flexibility index (Phi) is 5.13. The average Bonchev–Trinajstić information content (AvgIpc) is 2.65. The fourth-order valence-corrected chi connectivity index (χ4v) is 2.66. The Balaban J connectivity index is 1.89. The zero-order valence-corrected chi connectivity index (χ0v) is 14.3. The summed E-state index contributed by atoms with van der Waals surface area (Å²) in [6.45, 7) is 0. The smallest absolute Gasteiger partial charge is 0.303 e. The predicted molar refractivity (Wildman–Crippen MR) is 103 cm³/mol. The lowest BCUT2D eigenvalue weighted by molar-refractivity contribution is -0.138. The van der Waals surface area contributed by atoms with Gasteiger partial charge in [0.1, 0.15) is 0 Å². The van der Waals surface area contributed by atoms with E-state index in [1.807, 2.05) is 24.3 Å². The van der Waals surface area contributed by atoms with Crippen LogP contribution in [0.25, 0.3) is 22.0 Å². The van der Waals surface area contributed by atoms with Crippen molar-refractivity contribution in [3.63, 3.8) is 0 Å². The highest BCUT2D eigenvalue weighted by atomic mass is 16.4. The third-order valence-corrected chi connectivity index (χ3v) is 3.90. The number of carboxylic acids is 1. The van der Waals surface area contributed by atoms with Crippen LogP contribution in [0.1, 0.15) is 12.8 Å². The number of carboxylic acid groups (broad SMARTS) is 1. The van der Waals surface area contributed by atoms with Gasteiger partial charge in [0.15, 0.2) is 5.82 Å². The van der Waals surface area contributed by atoms with Gasteiger partial charge < -0.3 is 21.6 Å². The molecule has 0 aliphatic carbocycles. The molecular weight excluding hydrogens is 348 g/mol. The van der Waals surface area contributed by atoms with Gasteiger partial charge in [-0.2, -0.15) is 4.98 Å². The fraction of sp³-hybridized carbons (Fsp3) is 0.111. The van der Waals surface area contributed by atoms with Crippen LogP contribution in [0, 0.1) is 0 Å². The maximum Gasteiger partial charge on any atom is 0.303 e. The van der Waals surface area contributed by atoms with Crippen molar-refractivity contribution in [3.8, 4) is 11.1 Å². The molecule has 3 rings (SSSR count). The number of amides is 1. The molecule has 3 aromatic rings. The lowest BCUT2D eigenvalue weighted by Gasteiger charge is -2.10. The number of anilines is 3. The first-order chi connectivity index (χ1) is 13.0. The molecule has 27 heavy (non-hydrogen) atoms. The minimum Gasteiger partial charge on any atom is -0.481 e. The molecule has 0 radical (unpaired) electrons. The van der Waals surface area contributed by atoms with Crippen LogP contribution in [-0.2, 0) is 9.59 Å². The molecule has 1 heterocycles. The highest BCUT2D eigenvalue weighted by Gasteiger charge is 2.09. The Morgan fingerprint density at radius 1 is 1.04 bits per heavy atom. The van der Waals surface area contributed by atoms with E-state index in [0.717, 1.165) is 11.1 Å². The molecule has 1 aromatic heterocycles. The van der Waals surface area contributed by atoms with Crippen molar-refractivity contribution in [1.82, 2.24) is 9.97 Å². The van der Waals surface area contributed by atoms with E-state index >= 15 is 0 Å². The average molecular weight is 366 g/mol. The molecule has 2 aromatic carbocycles. The number of hydrogen-bond acceptors (Lipinski definition) is 7. The summed E-state index contributed by atoms with van der Waals surface area (Å²) in [7, 11) is 0. The second-order valence-corrected chi connectivity index (χ2v) is 5.83. The van der Waals surface area contributed by atoms with Crippen molar-refractivity contribution in [2.24, 2.45) is 5.84 Å². The predicted octanol–water partition coefficient (Wildman–Crippen LogP) is 1.97. The number of rotatable bonds is 6. The molecule has 138 valence electrons. The van der Waals surface area contributed by atoms with Crippen LogP contribution in [-0.4, -0.2) is 27.0 Å². The van der Waals surface area contributed by atoms with Crippen LogP contribution >= 0.6 is 0 Å². The molecular formula is C18H18N6O3. The zero-order chi connectivity index (χ0) is 19.4. The van der Waals surface area contributed by atoms with E-state index in [0.29, 0.717) is 22.4 Å². The second kappa shape index (κ2) is 7.67. The second-order valence-electron chi connectivity index (χ2n) is 5.83. The van der Waals surface area contributed by atoms with Crippen molar-refractivity contribution in [2.45, 2.75) is 12.8 Å². The van der Waals surface area contributed by atoms with Crippen molar-refractivity contribution >= 4 is 40.2 Å². The van der Waals surface area contributed by atoms with Gasteiger partial charge in [-0.25, -0.2) is 10.8 Å². The maximum atomic E-state index is 11.8. The van der Waals surface area contributed by atoms with Crippen molar-refractivity contribution in [3.05, 3.63) is 42.5 Å². The summed E-state index contributed by atoms with van der Waals surface area (Å²) in [5.41, 5.74) is 11.1. The van der Waals surface area contributed by atoms with Crippen LogP contribution in [0.5, 0.6) is 0 Å². The number of nitrogens with zero attached hydrogens (tertiary/aromatic N) is 2. The first-order valence-corrected chi connectivity index (χ1v) is 8.12. The number of aromatic nitrogens is 2. The minimum atomic E-state index is -1.01. The van der Waals surface area contributed by atoms with Gasteiger partial charge >= 0.3 is 5.97 Å². The lowest BCUT2D eigenvalue weighted by atomic mass is 10.0. The summed E-state index contributed by atoms with van der Waals surface area (Å²) < 4.78 is 0. The quantitative estimate of drug-likeness (QED) is 0.327. The molecule has 0 unspecified atom stereocenters. The SMILES string of the molecule is NNc1nc(N)nc2ccc(-c3cccc(NC(=O)CCC(=O)O)c3)cc12. The van der Waals surface area contributed by atoms with Crippen LogP contribution in [0.15, 0.2) is 42.5 Å². The minimum absolute atomic E-state index is 0.0835. The first-order valence-electron chi connectivity index (χ1n) is 8.12. The van der Waals surface area contributed by atoms with Gasteiger partial charge in [0.25, 0.3) is 0 Å². The number of benzene rings is 2. The van der Waals surface area contributed by atoms with E-state index in [1.165, 1.54) is 0 Å². The summed E-state index contributed by atoms with van der Waals surface area (Å²) in [5, 5.41) is 12.1. The Hall–Kier alpha value is -3.72. The third-order valence-electron chi connectivity index (χ3n) is 3.90. The van der Waals surface area contributed by atoms with Crippen molar-refractivity contribution in [2.75, 3.05) is 16.5 Å². The standard InChI is InChI=1S/C18H18N6O3/c19-18-22-14-5-4-11(9-13(14)17(23-18)24-20)10-2-1-3-12(8-10)21-15(25)6-7-16(26)27/h1-5,8-9H,6-7,20H2,(H,21,25)(H,26,27)(H3,19,22,23,24). The monoisotopic (exact) mass is 366 g/mol. The van der Waals surface area contributed by atoms with Crippen molar-refractivity contribution < 1.29 is 14.7 Å². The maximum absolute atomic E-state index is 11.8. The van der Waals surface area contributed by atoms with E-state index in [4.69, 9.17) is 16.7 Å². The van der Waals surface area contributed by atoms with E-state index in [-0.39, 0.29) is 24.7 Å². The summed E-state index contributed by atoms with van der Waals surface area (Å²) in [4.78, 5) is 30.6. The van der Waals surface area contributed by atoms with Gasteiger partial charge in [-0.15, -0.1) is 0 Å². The van der Waals surface area contributed by atoms with E-state index in [9.17, 15) is 9.59 Å². The lowest BCUT2D eigenvalue weighted by Crippen LogP contribution is -2.13. The summed E-state index contributed by atoms with van der Waals surface area (Å²) in [6.07, 6.45) is -0.298. The van der Waals surface area contributed by atoms with Crippen LogP contribution in [0.3, 0.4) is 0 Å². The Bertz CT molecular complexity index is 1020. The number of carbonyl (C=O) groups excluding carboxylic acids is 1. The van der Waals surface area contributed by atoms with Crippen LogP contribution in [0.2, 0.25) is 0 Å². The fourth-order valence-electron chi connectivity index (χ4n) is 2.66. The van der Waals surface area contributed by atoms with E-state index in [2.05, 4.69) is 20.7 Å². The molecule has 0 fully saturated rings. The number of carbonyl (C=O) groups is 2. The third kappa shape index (κ3) is 4.28. The van der Waals surface area contributed by atoms with Gasteiger partial charge in [-0.1, -0.05) is 18.2 Å². The zero-order valence-electron chi connectivity index (χ0n) is 14.3. The number of hydrogen-bond donors (Lipinski definition) is 5. The molecule has 7 N–H and O–H groups in total. The Morgan fingerprint density at radius 3 is 2.56 bits per heavy atom. The highest BCUT2D eigenvalue weighted by molar-refractivity contribution is 5.95. The molecule has 9 nitrogen and oxygen atoms in total. The van der Waals surface area contributed by atoms with Crippen LogP contribution in [0.4, 0.5) is 17.5 Å². The normalized spacial score (nSPS) is 10.6. The van der Waals surface area contributed by atoms with Gasteiger partial charge in [-0.3, -0.25) is 9.59 Å². The van der Waals surface area contributed by atoms with E-state index in [1.54, 1.807) is 18.2 Å². The molecule has 0 aliphatic rings. The van der Waals surface area contributed by atoms with Gasteiger partial charge in [0, 0.05) is 17.5 Å². The largest absolute Gasteiger partial charge is 0.481 e. The van der Waals surface area contributed by atoms with Gasteiger partial charge in [-0.05, 0) is 35.4 Å². The molecule has 9 heteroatoms. The number of fused-ring (bicyclic) bond motifs is 1. The summed E-state index contributed by atoms with van der Waals surface area (Å²) >= 11 is 0. The molecule has 0 spiro atoms. The van der Waals surface area contributed by atoms with Gasteiger partial charge in [0.2, 0.25) is 11.9 Å². The van der Waals surface area contributed by atoms with Gasteiger partial charge in [0.05, 0.1) is 11.9 Å². The van der Waals surface area contributed by atoms with Crippen molar-refractivity contribution in [1.29, 1.82) is 0 Å². The molecule has 0 saturated carbocycles. The molecule has 1 amide bonds. The molecule has 0 saturated heterocycles. The summed E-state index contributed by atoms with van der Waals surface area (Å²) in [6, 6.07) is 12.8. The topological polar surface area (TPSA) is 156 Å². The number of nitrogens with two attached hydrogens (primary N) is 2. The Morgan fingerprint density at radius 2 is 1.81 bits per heavy atom. The van der Waals surface area contributed by atoms with E-state index < -0.39 is 5.97 Å². The number of hydrazine groups is 1. The highest BCUT2D eigenvalue weighted by Crippen LogP contribution is 2.29.